The third kappa shape index (κ3) is 3.12. The fourth-order valence-corrected chi connectivity index (χ4v) is 3.57. The zero-order valence-electron chi connectivity index (χ0n) is 15.0. The Morgan fingerprint density at radius 2 is 2.15 bits per heavy atom. The van der Waals surface area contributed by atoms with Crippen molar-refractivity contribution >= 4 is 22.8 Å². The summed E-state index contributed by atoms with van der Waals surface area (Å²) >= 11 is 1.40. The Labute approximate surface area is 159 Å². The highest BCUT2D eigenvalue weighted by Crippen LogP contribution is 2.27. The van der Waals surface area contributed by atoms with Gasteiger partial charge in [-0.3, -0.25) is 9.59 Å². The standard InChI is InChI=1S/C18H20N6O2S/c1-3-9-23-17(26)13-10-19-18(27-2)20-16(13)24(23)14-7-8-15(25)22(21-14)11-12-5-4-6-12/h3,7-8,10,12H,1,4-6,9,11H2,2H3. The number of nitrogens with zero attached hydrogens (tertiary/aromatic N) is 6. The van der Waals surface area contributed by atoms with Crippen LogP contribution in [0.4, 0.5) is 0 Å². The lowest BCUT2D eigenvalue weighted by atomic mass is 9.85. The van der Waals surface area contributed by atoms with Crippen molar-refractivity contribution in [3.63, 3.8) is 0 Å². The average Bonchev–Trinajstić information content (AvgIpc) is 2.91. The van der Waals surface area contributed by atoms with Crippen molar-refractivity contribution in [1.29, 1.82) is 0 Å². The largest absolute Gasteiger partial charge is 0.278 e. The zero-order valence-corrected chi connectivity index (χ0v) is 15.9. The van der Waals surface area contributed by atoms with E-state index in [0.717, 1.165) is 12.8 Å². The molecule has 27 heavy (non-hydrogen) atoms. The maximum absolute atomic E-state index is 12.8. The second-order valence-corrected chi connectivity index (χ2v) is 7.36. The first-order valence-corrected chi connectivity index (χ1v) is 10.1. The van der Waals surface area contributed by atoms with E-state index in [0.29, 0.717) is 41.0 Å². The number of aromatic nitrogens is 6. The van der Waals surface area contributed by atoms with Crippen molar-refractivity contribution < 1.29 is 0 Å². The molecule has 0 aliphatic heterocycles. The minimum Gasteiger partial charge on any atom is -0.268 e. The summed E-state index contributed by atoms with van der Waals surface area (Å²) in [4.78, 5) is 33.8. The van der Waals surface area contributed by atoms with Crippen LogP contribution in [0.15, 0.2) is 45.7 Å². The minimum absolute atomic E-state index is 0.140. The maximum Gasteiger partial charge on any atom is 0.278 e. The number of hydrogen-bond acceptors (Lipinski definition) is 6. The summed E-state index contributed by atoms with van der Waals surface area (Å²) in [5.74, 6) is 0.973. The highest BCUT2D eigenvalue weighted by molar-refractivity contribution is 7.98. The predicted octanol–water partition coefficient (Wildman–Crippen LogP) is 1.85. The molecule has 1 fully saturated rings. The maximum atomic E-state index is 12.8. The fourth-order valence-electron chi connectivity index (χ4n) is 3.23. The second-order valence-electron chi connectivity index (χ2n) is 6.59. The third-order valence-electron chi connectivity index (χ3n) is 4.86. The molecule has 0 amide bonds. The lowest BCUT2D eigenvalue weighted by Gasteiger charge is -2.25. The molecular formula is C18H20N6O2S. The summed E-state index contributed by atoms with van der Waals surface area (Å²) in [6.07, 6.45) is 8.50. The van der Waals surface area contributed by atoms with Gasteiger partial charge in [-0.25, -0.2) is 24.0 Å². The van der Waals surface area contributed by atoms with E-state index in [1.54, 1.807) is 16.8 Å². The molecule has 4 rings (SSSR count). The van der Waals surface area contributed by atoms with Crippen molar-refractivity contribution in [2.45, 2.75) is 37.5 Å². The van der Waals surface area contributed by atoms with Gasteiger partial charge in [0.25, 0.3) is 11.1 Å². The molecule has 0 radical (unpaired) electrons. The Morgan fingerprint density at radius 1 is 1.33 bits per heavy atom. The number of thioether (sulfide) groups is 1. The first kappa shape index (κ1) is 17.7. The third-order valence-corrected chi connectivity index (χ3v) is 5.43. The molecule has 0 bridgehead atoms. The van der Waals surface area contributed by atoms with Crippen LogP contribution in [0.1, 0.15) is 19.3 Å². The molecule has 0 spiro atoms. The Hall–Kier alpha value is -2.68. The summed E-state index contributed by atoms with van der Waals surface area (Å²) in [5.41, 5.74) is 0.123. The SMILES string of the molecule is C=CCn1c(=O)c2cnc(SC)nc2n1-c1ccc(=O)n(CC2CCC2)n1. The van der Waals surface area contributed by atoms with Crippen molar-refractivity contribution in [3.05, 3.63) is 51.7 Å². The summed E-state index contributed by atoms with van der Waals surface area (Å²) in [7, 11) is 0. The van der Waals surface area contributed by atoms with E-state index in [1.807, 2.05) is 6.26 Å². The molecule has 8 nitrogen and oxygen atoms in total. The van der Waals surface area contributed by atoms with Gasteiger partial charge in [-0.1, -0.05) is 24.3 Å². The number of hydrogen-bond donors (Lipinski definition) is 0. The number of fused-ring (bicyclic) bond motifs is 1. The summed E-state index contributed by atoms with van der Waals surface area (Å²) < 4.78 is 4.65. The predicted molar refractivity (Wildman–Crippen MR) is 104 cm³/mol. The topological polar surface area (TPSA) is 87.6 Å². The quantitative estimate of drug-likeness (QED) is 0.366. The van der Waals surface area contributed by atoms with E-state index in [1.165, 1.54) is 39.8 Å². The van der Waals surface area contributed by atoms with E-state index in [4.69, 9.17) is 0 Å². The molecule has 1 aliphatic carbocycles. The molecule has 0 aromatic carbocycles. The minimum atomic E-state index is -0.212. The van der Waals surface area contributed by atoms with Gasteiger partial charge in [-0.2, -0.15) is 0 Å². The van der Waals surface area contributed by atoms with E-state index < -0.39 is 0 Å². The first-order valence-electron chi connectivity index (χ1n) is 8.84. The normalized spacial score (nSPS) is 14.4. The van der Waals surface area contributed by atoms with Crippen LogP contribution in [-0.2, 0) is 13.1 Å². The molecule has 0 atom stereocenters. The van der Waals surface area contributed by atoms with E-state index in [-0.39, 0.29) is 11.1 Å². The van der Waals surface area contributed by atoms with Crippen molar-refractivity contribution in [3.8, 4) is 5.82 Å². The van der Waals surface area contributed by atoms with Crippen molar-refractivity contribution in [2.75, 3.05) is 6.26 Å². The molecule has 0 N–H and O–H groups in total. The monoisotopic (exact) mass is 384 g/mol. The highest BCUT2D eigenvalue weighted by Gasteiger charge is 2.21. The molecule has 1 saturated carbocycles. The molecule has 3 aromatic rings. The van der Waals surface area contributed by atoms with Crippen molar-refractivity contribution in [1.82, 2.24) is 29.1 Å². The van der Waals surface area contributed by atoms with Crippen LogP contribution in [0, 0.1) is 5.92 Å². The Morgan fingerprint density at radius 3 is 2.81 bits per heavy atom. The molecule has 140 valence electrons. The zero-order chi connectivity index (χ0) is 19.0. The molecule has 0 unspecified atom stereocenters. The van der Waals surface area contributed by atoms with Gasteiger partial charge in [0.1, 0.15) is 5.39 Å². The van der Waals surface area contributed by atoms with Crippen LogP contribution >= 0.6 is 11.8 Å². The average molecular weight is 384 g/mol. The Bertz CT molecular complexity index is 1130. The van der Waals surface area contributed by atoms with Crippen LogP contribution in [0.3, 0.4) is 0 Å². The van der Waals surface area contributed by atoms with E-state index in [9.17, 15) is 9.59 Å². The fraction of sp³-hybridized carbons (Fsp3) is 0.389. The van der Waals surface area contributed by atoms with Gasteiger partial charge in [-0.05, 0) is 31.1 Å². The summed E-state index contributed by atoms with van der Waals surface area (Å²) in [6, 6.07) is 3.12. The van der Waals surface area contributed by atoms with Gasteiger partial charge in [0.15, 0.2) is 16.6 Å². The molecule has 0 saturated heterocycles. The van der Waals surface area contributed by atoms with Crippen LogP contribution in [0.5, 0.6) is 0 Å². The van der Waals surface area contributed by atoms with Crippen molar-refractivity contribution in [2.24, 2.45) is 5.92 Å². The van der Waals surface area contributed by atoms with Gasteiger partial charge < -0.3 is 0 Å². The van der Waals surface area contributed by atoms with Gasteiger partial charge >= 0.3 is 0 Å². The molecule has 3 aromatic heterocycles. The Balaban J connectivity index is 1.92. The molecular weight excluding hydrogens is 364 g/mol. The Kier molecular flexibility index (Phi) is 4.69. The summed E-state index contributed by atoms with van der Waals surface area (Å²) in [5, 5.41) is 5.51. The summed E-state index contributed by atoms with van der Waals surface area (Å²) in [6.45, 7) is 4.64. The molecule has 3 heterocycles. The lowest BCUT2D eigenvalue weighted by molar-refractivity contribution is 0.261. The first-order chi connectivity index (χ1) is 13.1. The van der Waals surface area contributed by atoms with Crippen LogP contribution in [0.25, 0.3) is 16.9 Å². The van der Waals surface area contributed by atoms with Gasteiger partial charge in [0.05, 0.1) is 6.54 Å². The second kappa shape index (κ2) is 7.15. The van der Waals surface area contributed by atoms with Gasteiger partial charge in [-0.15, -0.1) is 11.7 Å². The molecule has 9 heteroatoms. The van der Waals surface area contributed by atoms with Crippen LogP contribution in [0.2, 0.25) is 0 Å². The van der Waals surface area contributed by atoms with E-state index >= 15 is 0 Å². The number of rotatable bonds is 6. The van der Waals surface area contributed by atoms with Crippen LogP contribution < -0.4 is 11.1 Å². The van der Waals surface area contributed by atoms with Gasteiger partial charge in [0, 0.05) is 18.8 Å². The van der Waals surface area contributed by atoms with E-state index in [2.05, 4.69) is 21.6 Å². The highest BCUT2D eigenvalue weighted by atomic mass is 32.2. The smallest absolute Gasteiger partial charge is 0.268 e. The van der Waals surface area contributed by atoms with Crippen LogP contribution in [-0.4, -0.2) is 35.4 Å². The van der Waals surface area contributed by atoms with Gasteiger partial charge in [0.2, 0.25) is 0 Å². The number of allylic oxidation sites excluding steroid dienone is 1. The lowest BCUT2D eigenvalue weighted by Crippen LogP contribution is -2.30. The molecule has 1 aliphatic rings.